The predicted molar refractivity (Wildman–Crippen MR) is 121 cm³/mol. The van der Waals surface area contributed by atoms with Gasteiger partial charge in [-0.1, -0.05) is 17.4 Å². The van der Waals surface area contributed by atoms with E-state index in [0.29, 0.717) is 6.42 Å². The van der Waals surface area contributed by atoms with Gasteiger partial charge in [-0.2, -0.15) is 0 Å². The average Bonchev–Trinajstić information content (AvgIpc) is 3.17. The summed E-state index contributed by atoms with van der Waals surface area (Å²) in [5, 5.41) is 1.06. The molecule has 1 fully saturated rings. The molecule has 1 aromatic heterocycles. The monoisotopic (exact) mass is 427 g/mol. The summed E-state index contributed by atoms with van der Waals surface area (Å²) in [6, 6.07) is 14.4. The Balaban J connectivity index is 1.25. The molecule has 0 radical (unpaired) electrons. The van der Waals surface area contributed by atoms with Crippen molar-refractivity contribution >= 4 is 44.4 Å². The number of rotatable bonds is 6. The number of methoxy groups -OCH3 is 1. The van der Waals surface area contributed by atoms with Crippen LogP contribution in [0.5, 0.6) is 5.75 Å². The SMILES string of the molecule is COc1ccc(SCCC(=O)N2CCN(c3nc4ccc(C)cc4s3)CC2)cc1. The number of nitrogens with zero attached hydrogens (tertiary/aromatic N) is 3. The van der Waals surface area contributed by atoms with Gasteiger partial charge in [0.1, 0.15) is 5.75 Å². The van der Waals surface area contributed by atoms with Gasteiger partial charge in [-0.15, -0.1) is 11.8 Å². The number of thioether (sulfide) groups is 1. The second kappa shape index (κ2) is 9.05. The van der Waals surface area contributed by atoms with E-state index in [9.17, 15) is 4.79 Å². The van der Waals surface area contributed by atoms with Crippen molar-refractivity contribution in [3.8, 4) is 5.75 Å². The van der Waals surface area contributed by atoms with Gasteiger partial charge in [0.05, 0.1) is 17.3 Å². The van der Waals surface area contributed by atoms with Crippen LogP contribution >= 0.6 is 23.1 Å². The molecule has 2 heterocycles. The van der Waals surface area contributed by atoms with Crippen molar-refractivity contribution in [2.45, 2.75) is 18.2 Å². The Morgan fingerprint density at radius 2 is 1.90 bits per heavy atom. The molecule has 0 atom stereocenters. The maximum Gasteiger partial charge on any atom is 0.223 e. The van der Waals surface area contributed by atoms with Crippen LogP contribution in [0.15, 0.2) is 47.4 Å². The number of hydrogen-bond donors (Lipinski definition) is 0. The van der Waals surface area contributed by atoms with Gasteiger partial charge in [0.25, 0.3) is 0 Å². The maximum absolute atomic E-state index is 12.6. The number of amides is 1. The average molecular weight is 428 g/mol. The molecular weight excluding hydrogens is 402 g/mol. The van der Waals surface area contributed by atoms with E-state index in [1.54, 1.807) is 30.2 Å². The molecule has 29 heavy (non-hydrogen) atoms. The molecule has 0 N–H and O–H groups in total. The second-order valence-electron chi connectivity index (χ2n) is 7.11. The zero-order valence-electron chi connectivity index (χ0n) is 16.8. The first-order valence-corrected chi connectivity index (χ1v) is 11.6. The lowest BCUT2D eigenvalue weighted by Crippen LogP contribution is -2.48. The molecule has 0 bridgehead atoms. The van der Waals surface area contributed by atoms with E-state index in [1.165, 1.54) is 10.3 Å². The lowest BCUT2D eigenvalue weighted by Gasteiger charge is -2.34. The molecule has 3 aromatic rings. The lowest BCUT2D eigenvalue weighted by molar-refractivity contribution is -0.131. The van der Waals surface area contributed by atoms with E-state index >= 15 is 0 Å². The molecule has 5 nitrogen and oxygen atoms in total. The Kier molecular flexibility index (Phi) is 6.25. The molecule has 4 rings (SSSR count). The van der Waals surface area contributed by atoms with Gasteiger partial charge in [-0.3, -0.25) is 4.79 Å². The van der Waals surface area contributed by atoms with Crippen molar-refractivity contribution in [2.75, 3.05) is 43.9 Å². The number of hydrogen-bond acceptors (Lipinski definition) is 6. The fourth-order valence-corrected chi connectivity index (χ4v) is 5.34. The van der Waals surface area contributed by atoms with Gasteiger partial charge < -0.3 is 14.5 Å². The number of piperazine rings is 1. The Morgan fingerprint density at radius 1 is 1.14 bits per heavy atom. The van der Waals surface area contributed by atoms with Crippen LogP contribution in [-0.4, -0.2) is 54.8 Å². The van der Waals surface area contributed by atoms with Crippen molar-refractivity contribution in [1.29, 1.82) is 0 Å². The lowest BCUT2D eigenvalue weighted by atomic mass is 10.2. The fraction of sp³-hybridized carbons (Fsp3) is 0.364. The van der Waals surface area contributed by atoms with Gasteiger partial charge in [0, 0.05) is 43.2 Å². The third-order valence-electron chi connectivity index (χ3n) is 5.08. The van der Waals surface area contributed by atoms with Gasteiger partial charge in [0.2, 0.25) is 5.91 Å². The molecule has 0 saturated carbocycles. The molecule has 2 aromatic carbocycles. The van der Waals surface area contributed by atoms with Crippen LogP contribution in [0.25, 0.3) is 10.2 Å². The molecule has 0 spiro atoms. The number of fused-ring (bicyclic) bond motifs is 1. The van der Waals surface area contributed by atoms with Crippen molar-refractivity contribution in [3.63, 3.8) is 0 Å². The zero-order valence-corrected chi connectivity index (χ0v) is 18.4. The highest BCUT2D eigenvalue weighted by Gasteiger charge is 2.22. The smallest absolute Gasteiger partial charge is 0.223 e. The number of benzene rings is 2. The van der Waals surface area contributed by atoms with Crippen LogP contribution in [0, 0.1) is 6.92 Å². The minimum absolute atomic E-state index is 0.241. The Hall–Kier alpha value is -2.25. The Morgan fingerprint density at radius 3 is 2.62 bits per heavy atom. The van der Waals surface area contributed by atoms with Gasteiger partial charge in [-0.25, -0.2) is 4.98 Å². The summed E-state index contributed by atoms with van der Waals surface area (Å²) in [5.41, 5.74) is 2.32. The summed E-state index contributed by atoms with van der Waals surface area (Å²) in [6.45, 7) is 5.32. The highest BCUT2D eigenvalue weighted by Crippen LogP contribution is 2.30. The summed E-state index contributed by atoms with van der Waals surface area (Å²) in [6.07, 6.45) is 0.567. The molecule has 1 aliphatic heterocycles. The summed E-state index contributed by atoms with van der Waals surface area (Å²) < 4.78 is 6.41. The summed E-state index contributed by atoms with van der Waals surface area (Å²) >= 11 is 3.45. The number of anilines is 1. The first kappa shape index (κ1) is 20.0. The number of thiazole rings is 1. The number of aromatic nitrogens is 1. The van der Waals surface area contributed by atoms with E-state index in [1.807, 2.05) is 29.2 Å². The predicted octanol–water partition coefficient (Wildman–Crippen LogP) is 4.44. The second-order valence-corrected chi connectivity index (χ2v) is 9.29. The minimum atomic E-state index is 0.241. The van der Waals surface area contributed by atoms with Crippen molar-refractivity contribution in [1.82, 2.24) is 9.88 Å². The largest absolute Gasteiger partial charge is 0.497 e. The summed E-state index contributed by atoms with van der Waals surface area (Å²) in [4.78, 5) is 22.8. The highest BCUT2D eigenvalue weighted by molar-refractivity contribution is 7.99. The molecule has 1 saturated heterocycles. The molecule has 0 aliphatic carbocycles. The third-order valence-corrected chi connectivity index (χ3v) is 7.17. The number of aryl methyl sites for hydroxylation is 1. The van der Waals surface area contributed by atoms with Gasteiger partial charge in [0.15, 0.2) is 5.13 Å². The standard InChI is InChI=1S/C22H25N3O2S2/c1-16-3-8-19-20(15-16)29-22(23-19)25-12-10-24(11-13-25)21(26)9-14-28-18-6-4-17(27-2)5-7-18/h3-8,15H,9-14H2,1-2H3. The first-order chi connectivity index (χ1) is 14.1. The molecule has 0 unspecified atom stereocenters. The summed E-state index contributed by atoms with van der Waals surface area (Å²) in [7, 11) is 1.67. The van der Waals surface area contributed by atoms with Gasteiger partial charge >= 0.3 is 0 Å². The van der Waals surface area contributed by atoms with E-state index in [4.69, 9.17) is 9.72 Å². The molecule has 1 aliphatic rings. The van der Waals surface area contributed by atoms with Crippen molar-refractivity contribution in [3.05, 3.63) is 48.0 Å². The van der Waals surface area contributed by atoms with Crippen LogP contribution < -0.4 is 9.64 Å². The summed E-state index contributed by atoms with van der Waals surface area (Å²) in [5.74, 6) is 1.89. The Bertz CT molecular complexity index is 979. The number of carbonyl (C=O) groups is 1. The maximum atomic E-state index is 12.6. The molecule has 7 heteroatoms. The van der Waals surface area contributed by atoms with Crippen LogP contribution in [0.2, 0.25) is 0 Å². The molecule has 152 valence electrons. The first-order valence-electron chi connectivity index (χ1n) is 9.79. The number of carbonyl (C=O) groups excluding carboxylic acids is 1. The number of ether oxygens (including phenoxy) is 1. The fourth-order valence-electron chi connectivity index (χ4n) is 3.39. The normalized spacial score (nSPS) is 14.4. The van der Waals surface area contributed by atoms with E-state index in [-0.39, 0.29) is 5.91 Å². The van der Waals surface area contributed by atoms with Crippen LogP contribution in [-0.2, 0) is 4.79 Å². The van der Waals surface area contributed by atoms with Crippen molar-refractivity contribution in [2.24, 2.45) is 0 Å². The quantitative estimate of drug-likeness (QED) is 0.544. The molecular formula is C22H25N3O2S2. The zero-order chi connectivity index (χ0) is 20.2. The topological polar surface area (TPSA) is 45.7 Å². The van der Waals surface area contributed by atoms with E-state index < -0.39 is 0 Å². The minimum Gasteiger partial charge on any atom is -0.497 e. The van der Waals surface area contributed by atoms with Gasteiger partial charge in [-0.05, 0) is 48.9 Å². The van der Waals surface area contributed by atoms with Crippen LogP contribution in [0.1, 0.15) is 12.0 Å². The molecule has 1 amide bonds. The Labute approximate surface area is 179 Å². The highest BCUT2D eigenvalue weighted by atomic mass is 32.2. The third kappa shape index (κ3) is 4.85. The van der Waals surface area contributed by atoms with E-state index in [2.05, 4.69) is 30.0 Å². The van der Waals surface area contributed by atoms with Crippen molar-refractivity contribution < 1.29 is 9.53 Å². The van der Waals surface area contributed by atoms with Crippen LogP contribution in [0.4, 0.5) is 5.13 Å². The van der Waals surface area contributed by atoms with E-state index in [0.717, 1.165) is 53.2 Å². The van der Waals surface area contributed by atoms with Crippen LogP contribution in [0.3, 0.4) is 0 Å².